The molecule has 0 aliphatic rings. The molecule has 0 radical (unpaired) electrons. The monoisotopic (exact) mass is 345 g/mol. The van der Waals surface area contributed by atoms with E-state index >= 15 is 0 Å². The van der Waals surface area contributed by atoms with E-state index in [-0.39, 0.29) is 0 Å². The Kier molecular flexibility index (Phi) is 3.50. The summed E-state index contributed by atoms with van der Waals surface area (Å²) in [4.78, 5) is 4.14. The number of nitrogens with two attached hydrogens (primary N) is 1. The highest BCUT2D eigenvalue weighted by Gasteiger charge is 2.02. The minimum Gasteiger partial charge on any atom is -0.399 e. The van der Waals surface area contributed by atoms with Gasteiger partial charge in [0.15, 0.2) is 0 Å². The van der Waals surface area contributed by atoms with E-state index in [0.29, 0.717) is 16.7 Å². The van der Waals surface area contributed by atoms with Gasteiger partial charge < -0.3 is 11.1 Å². The van der Waals surface area contributed by atoms with Crippen molar-refractivity contribution < 1.29 is 0 Å². The van der Waals surface area contributed by atoms with Crippen molar-refractivity contribution in [3.8, 4) is 0 Å². The van der Waals surface area contributed by atoms with Gasteiger partial charge in [0.05, 0.1) is 5.69 Å². The number of pyridine rings is 1. The van der Waals surface area contributed by atoms with E-state index < -0.39 is 0 Å². The lowest BCUT2D eigenvalue weighted by Crippen LogP contribution is -1.97. The molecule has 3 nitrogen and oxygen atoms in total. The van der Waals surface area contributed by atoms with E-state index in [1.807, 2.05) is 24.3 Å². The molecule has 0 atom stereocenters. The molecule has 16 heavy (non-hydrogen) atoms. The number of rotatable bonds is 2. The first kappa shape index (κ1) is 11.5. The van der Waals surface area contributed by atoms with Crippen LogP contribution >= 0.6 is 34.2 Å². The van der Waals surface area contributed by atoms with Gasteiger partial charge in [0, 0.05) is 15.3 Å². The SMILES string of the molecule is Nc1cc(Cl)nc(Nc2ccccc2I)c1. The highest BCUT2D eigenvalue weighted by atomic mass is 127. The molecule has 82 valence electrons. The van der Waals surface area contributed by atoms with Crippen molar-refractivity contribution >= 4 is 51.4 Å². The summed E-state index contributed by atoms with van der Waals surface area (Å²) in [6.07, 6.45) is 0. The third-order valence-electron chi connectivity index (χ3n) is 1.95. The molecule has 2 aromatic rings. The Labute approximate surface area is 112 Å². The van der Waals surface area contributed by atoms with Crippen molar-refractivity contribution in [2.24, 2.45) is 0 Å². The maximum atomic E-state index is 5.82. The predicted octanol–water partition coefficient (Wildman–Crippen LogP) is 3.67. The highest BCUT2D eigenvalue weighted by Crippen LogP contribution is 2.23. The summed E-state index contributed by atoms with van der Waals surface area (Å²) in [5, 5.41) is 3.55. The van der Waals surface area contributed by atoms with Gasteiger partial charge in [-0.15, -0.1) is 0 Å². The van der Waals surface area contributed by atoms with Crippen LogP contribution in [-0.2, 0) is 0 Å². The number of nitrogen functional groups attached to an aromatic ring is 1. The lowest BCUT2D eigenvalue weighted by Gasteiger charge is -2.08. The van der Waals surface area contributed by atoms with Gasteiger partial charge in [-0.1, -0.05) is 23.7 Å². The summed E-state index contributed by atoms with van der Waals surface area (Å²) >= 11 is 8.07. The van der Waals surface area contributed by atoms with E-state index in [0.717, 1.165) is 9.26 Å². The fourth-order valence-electron chi connectivity index (χ4n) is 1.28. The summed E-state index contributed by atoms with van der Waals surface area (Å²) < 4.78 is 1.11. The fourth-order valence-corrected chi connectivity index (χ4v) is 2.02. The molecule has 2 rings (SSSR count). The predicted molar refractivity (Wildman–Crippen MR) is 76.1 cm³/mol. The zero-order valence-electron chi connectivity index (χ0n) is 8.24. The molecule has 1 aromatic carbocycles. The Bertz CT molecular complexity index is 496. The zero-order valence-corrected chi connectivity index (χ0v) is 11.2. The first-order chi connectivity index (χ1) is 7.65. The number of halogens is 2. The summed E-state index contributed by atoms with van der Waals surface area (Å²) in [5.41, 5.74) is 7.26. The molecule has 0 amide bonds. The van der Waals surface area contributed by atoms with Crippen LogP contribution in [0, 0.1) is 3.57 Å². The lowest BCUT2D eigenvalue weighted by molar-refractivity contribution is 1.31. The number of para-hydroxylation sites is 1. The highest BCUT2D eigenvalue weighted by molar-refractivity contribution is 14.1. The molecule has 3 N–H and O–H groups in total. The molecule has 0 bridgehead atoms. The van der Waals surface area contributed by atoms with E-state index in [1.165, 1.54) is 0 Å². The zero-order chi connectivity index (χ0) is 11.5. The Morgan fingerprint density at radius 3 is 2.69 bits per heavy atom. The van der Waals surface area contributed by atoms with Gasteiger partial charge >= 0.3 is 0 Å². The number of nitrogens with one attached hydrogen (secondary N) is 1. The standard InChI is InChI=1S/C11H9ClIN3/c12-10-5-7(14)6-11(16-10)15-9-4-2-1-3-8(9)13/h1-6H,(H3,14,15,16). The Morgan fingerprint density at radius 1 is 1.25 bits per heavy atom. The number of anilines is 3. The van der Waals surface area contributed by atoms with Gasteiger partial charge in [0.2, 0.25) is 0 Å². The maximum absolute atomic E-state index is 5.82. The number of nitrogens with zero attached hydrogens (tertiary/aromatic N) is 1. The van der Waals surface area contributed by atoms with Gasteiger partial charge in [0.25, 0.3) is 0 Å². The Morgan fingerprint density at radius 2 is 2.00 bits per heavy atom. The molecule has 1 heterocycles. The summed E-state index contributed by atoms with van der Waals surface area (Å²) in [6, 6.07) is 11.3. The minimum atomic E-state index is 0.383. The van der Waals surface area contributed by atoms with E-state index in [9.17, 15) is 0 Å². The molecule has 1 aromatic heterocycles. The van der Waals surface area contributed by atoms with Gasteiger partial charge in [-0.3, -0.25) is 0 Å². The van der Waals surface area contributed by atoms with E-state index in [1.54, 1.807) is 12.1 Å². The maximum Gasteiger partial charge on any atom is 0.134 e. The second-order valence-corrected chi connectivity index (χ2v) is 4.76. The van der Waals surface area contributed by atoms with Crippen LogP contribution < -0.4 is 11.1 Å². The van der Waals surface area contributed by atoms with Crippen molar-refractivity contribution in [1.82, 2.24) is 4.98 Å². The Hall–Kier alpha value is -1.01. The fraction of sp³-hybridized carbons (Fsp3) is 0. The Balaban J connectivity index is 2.30. The first-order valence-electron chi connectivity index (χ1n) is 4.60. The topological polar surface area (TPSA) is 50.9 Å². The first-order valence-corrected chi connectivity index (χ1v) is 6.05. The second kappa shape index (κ2) is 4.88. The quantitative estimate of drug-likeness (QED) is 0.645. The van der Waals surface area contributed by atoms with E-state index in [2.05, 4.69) is 32.9 Å². The van der Waals surface area contributed by atoms with Crippen LogP contribution in [0.4, 0.5) is 17.2 Å². The third-order valence-corrected chi connectivity index (χ3v) is 3.09. The average molecular weight is 346 g/mol. The summed E-state index contributed by atoms with van der Waals surface area (Å²) in [5.74, 6) is 0.647. The van der Waals surface area contributed by atoms with E-state index in [4.69, 9.17) is 17.3 Å². The van der Waals surface area contributed by atoms with Gasteiger partial charge in [0.1, 0.15) is 11.0 Å². The lowest BCUT2D eigenvalue weighted by atomic mass is 10.3. The number of aromatic nitrogens is 1. The molecule has 0 aliphatic carbocycles. The van der Waals surface area contributed by atoms with Crippen LogP contribution in [0.15, 0.2) is 36.4 Å². The van der Waals surface area contributed by atoms with Crippen LogP contribution in [0.1, 0.15) is 0 Å². The third kappa shape index (κ3) is 2.76. The van der Waals surface area contributed by atoms with Crippen molar-refractivity contribution in [3.05, 3.63) is 45.1 Å². The van der Waals surface area contributed by atoms with Crippen molar-refractivity contribution in [2.45, 2.75) is 0 Å². The van der Waals surface area contributed by atoms with Crippen molar-refractivity contribution in [2.75, 3.05) is 11.1 Å². The molecule has 0 spiro atoms. The summed E-state index contributed by atoms with van der Waals surface area (Å²) in [7, 11) is 0. The molecular weight excluding hydrogens is 336 g/mol. The molecule has 0 saturated carbocycles. The molecule has 0 saturated heterocycles. The van der Waals surface area contributed by atoms with Crippen molar-refractivity contribution in [3.63, 3.8) is 0 Å². The number of benzene rings is 1. The molecular formula is C11H9ClIN3. The van der Waals surface area contributed by atoms with Gasteiger partial charge in [-0.2, -0.15) is 0 Å². The van der Waals surface area contributed by atoms with Gasteiger partial charge in [-0.25, -0.2) is 4.98 Å². The van der Waals surface area contributed by atoms with Crippen LogP contribution in [0.3, 0.4) is 0 Å². The smallest absolute Gasteiger partial charge is 0.134 e. The second-order valence-electron chi connectivity index (χ2n) is 3.21. The molecule has 5 heteroatoms. The van der Waals surface area contributed by atoms with Crippen LogP contribution in [0.2, 0.25) is 5.15 Å². The number of hydrogen-bond acceptors (Lipinski definition) is 3. The largest absolute Gasteiger partial charge is 0.399 e. The minimum absolute atomic E-state index is 0.383. The molecule has 0 fully saturated rings. The number of hydrogen-bond donors (Lipinski definition) is 2. The normalized spacial score (nSPS) is 10.1. The summed E-state index contributed by atoms with van der Waals surface area (Å²) in [6.45, 7) is 0. The van der Waals surface area contributed by atoms with Crippen LogP contribution in [-0.4, -0.2) is 4.98 Å². The molecule has 0 aliphatic heterocycles. The van der Waals surface area contributed by atoms with Crippen LogP contribution in [0.5, 0.6) is 0 Å². The van der Waals surface area contributed by atoms with Crippen LogP contribution in [0.25, 0.3) is 0 Å². The van der Waals surface area contributed by atoms with Gasteiger partial charge in [-0.05, 0) is 40.8 Å². The van der Waals surface area contributed by atoms with Crippen molar-refractivity contribution in [1.29, 1.82) is 0 Å². The molecule has 0 unspecified atom stereocenters. The average Bonchev–Trinajstić information content (AvgIpc) is 2.20.